The van der Waals surface area contributed by atoms with E-state index in [0.717, 1.165) is 23.5 Å². The van der Waals surface area contributed by atoms with E-state index in [0.29, 0.717) is 11.4 Å². The first-order valence-corrected chi connectivity index (χ1v) is 10.6. The average Bonchev–Trinajstić information content (AvgIpc) is 3.26. The number of pyridine rings is 1. The van der Waals surface area contributed by atoms with Crippen LogP contribution < -0.4 is 10.2 Å². The highest BCUT2D eigenvalue weighted by atomic mass is 32.1. The lowest BCUT2D eigenvalue weighted by molar-refractivity contribution is -0.124. The van der Waals surface area contributed by atoms with Gasteiger partial charge < -0.3 is 5.32 Å². The molecule has 156 valence electrons. The van der Waals surface area contributed by atoms with Gasteiger partial charge >= 0.3 is 0 Å². The van der Waals surface area contributed by atoms with Gasteiger partial charge in [0, 0.05) is 22.8 Å². The first kappa shape index (κ1) is 21.6. The molecule has 7 nitrogen and oxygen atoms in total. The minimum absolute atomic E-state index is 0.184. The summed E-state index contributed by atoms with van der Waals surface area (Å²) in [6.45, 7) is 7.75. The molecule has 1 N–H and O–H groups in total. The lowest BCUT2D eigenvalue weighted by atomic mass is 10.0. The third-order valence-corrected chi connectivity index (χ3v) is 4.90. The Morgan fingerprint density at radius 3 is 2.40 bits per heavy atom. The monoisotopic (exact) mass is 423 g/mol. The van der Waals surface area contributed by atoms with Crippen molar-refractivity contribution in [2.24, 2.45) is 0 Å². The Balaban J connectivity index is 2.14. The summed E-state index contributed by atoms with van der Waals surface area (Å²) in [7, 11) is 0. The second kappa shape index (κ2) is 9.13. The SMILES string of the molecule is CCc1ccc(N(C(=O)c2csnn2)[C@@H](C(=O)NC(C)(C)C)c2ccccn2)cc1. The Hall–Kier alpha value is -3.13. The Kier molecular flexibility index (Phi) is 6.56. The molecule has 0 aliphatic heterocycles. The molecule has 2 heterocycles. The maximum absolute atomic E-state index is 13.5. The number of aromatic nitrogens is 3. The summed E-state index contributed by atoms with van der Waals surface area (Å²) in [6.07, 6.45) is 2.48. The van der Waals surface area contributed by atoms with Crippen LogP contribution in [0.4, 0.5) is 5.69 Å². The van der Waals surface area contributed by atoms with Gasteiger partial charge in [-0.3, -0.25) is 19.5 Å². The molecule has 0 aliphatic rings. The van der Waals surface area contributed by atoms with Crippen molar-refractivity contribution in [1.82, 2.24) is 19.9 Å². The van der Waals surface area contributed by atoms with Crippen molar-refractivity contribution in [1.29, 1.82) is 0 Å². The van der Waals surface area contributed by atoms with Gasteiger partial charge in [-0.15, -0.1) is 5.10 Å². The molecule has 0 saturated heterocycles. The summed E-state index contributed by atoms with van der Waals surface area (Å²) in [6, 6.07) is 11.9. The van der Waals surface area contributed by atoms with Crippen LogP contribution in [0, 0.1) is 0 Å². The van der Waals surface area contributed by atoms with Crippen molar-refractivity contribution in [3.05, 3.63) is 71.0 Å². The molecule has 2 amide bonds. The fourth-order valence-electron chi connectivity index (χ4n) is 3.02. The zero-order valence-corrected chi connectivity index (χ0v) is 18.3. The molecule has 1 atom stereocenters. The van der Waals surface area contributed by atoms with Crippen LogP contribution in [0.1, 0.15) is 55.5 Å². The summed E-state index contributed by atoms with van der Waals surface area (Å²) < 4.78 is 3.81. The smallest absolute Gasteiger partial charge is 0.280 e. The van der Waals surface area contributed by atoms with Crippen molar-refractivity contribution >= 4 is 29.0 Å². The second-order valence-corrected chi connectivity index (χ2v) is 8.49. The largest absolute Gasteiger partial charge is 0.349 e. The Bertz CT molecular complexity index is 983. The maximum atomic E-state index is 13.5. The number of anilines is 1. The lowest BCUT2D eigenvalue weighted by Crippen LogP contribution is -2.49. The Morgan fingerprint density at radius 1 is 1.13 bits per heavy atom. The lowest BCUT2D eigenvalue weighted by Gasteiger charge is -2.32. The summed E-state index contributed by atoms with van der Waals surface area (Å²) in [5.41, 5.74) is 1.90. The highest BCUT2D eigenvalue weighted by Gasteiger charge is 2.36. The van der Waals surface area contributed by atoms with Crippen molar-refractivity contribution in [3.8, 4) is 0 Å². The predicted molar refractivity (Wildman–Crippen MR) is 117 cm³/mol. The number of benzene rings is 1. The number of nitrogens with zero attached hydrogens (tertiary/aromatic N) is 4. The number of hydrogen-bond acceptors (Lipinski definition) is 6. The molecule has 3 aromatic rings. The van der Waals surface area contributed by atoms with Gasteiger partial charge in [0.25, 0.3) is 5.91 Å². The molecule has 0 saturated carbocycles. The highest BCUT2D eigenvalue weighted by Crippen LogP contribution is 2.29. The number of carbonyl (C=O) groups is 2. The van der Waals surface area contributed by atoms with Crippen LogP contribution in [0.25, 0.3) is 0 Å². The minimum atomic E-state index is -0.966. The van der Waals surface area contributed by atoms with Gasteiger partial charge in [-0.05, 0) is 68.6 Å². The van der Waals surface area contributed by atoms with Gasteiger partial charge in [-0.2, -0.15) is 0 Å². The van der Waals surface area contributed by atoms with Gasteiger partial charge in [0.05, 0.1) is 5.69 Å². The van der Waals surface area contributed by atoms with E-state index in [1.54, 1.807) is 29.8 Å². The first-order valence-electron chi connectivity index (χ1n) is 9.72. The molecule has 0 bridgehead atoms. The highest BCUT2D eigenvalue weighted by molar-refractivity contribution is 7.03. The van der Waals surface area contributed by atoms with E-state index in [-0.39, 0.29) is 11.6 Å². The number of nitrogens with one attached hydrogen (secondary N) is 1. The van der Waals surface area contributed by atoms with Crippen LogP contribution in [-0.2, 0) is 11.2 Å². The number of rotatable bonds is 6. The van der Waals surface area contributed by atoms with E-state index in [2.05, 4.69) is 26.8 Å². The van der Waals surface area contributed by atoms with E-state index in [1.807, 2.05) is 45.0 Å². The average molecular weight is 424 g/mol. The fraction of sp³-hybridized carbons (Fsp3) is 0.318. The molecular formula is C22H25N5O2S. The second-order valence-electron chi connectivity index (χ2n) is 7.88. The molecule has 0 fully saturated rings. The molecular weight excluding hydrogens is 398 g/mol. The van der Waals surface area contributed by atoms with Gasteiger partial charge in [-0.25, -0.2) is 0 Å². The summed E-state index contributed by atoms with van der Waals surface area (Å²) in [5.74, 6) is -0.731. The van der Waals surface area contributed by atoms with E-state index in [4.69, 9.17) is 0 Å². The molecule has 3 rings (SSSR count). The quantitative estimate of drug-likeness (QED) is 0.652. The topological polar surface area (TPSA) is 88.1 Å². The van der Waals surface area contributed by atoms with Crippen molar-refractivity contribution in [2.75, 3.05) is 4.90 Å². The van der Waals surface area contributed by atoms with E-state index in [1.165, 1.54) is 4.90 Å². The van der Waals surface area contributed by atoms with Crippen molar-refractivity contribution in [2.45, 2.75) is 45.7 Å². The minimum Gasteiger partial charge on any atom is -0.349 e. The molecule has 0 unspecified atom stereocenters. The summed E-state index contributed by atoms with van der Waals surface area (Å²) in [5, 5.41) is 8.49. The number of amides is 2. The molecule has 30 heavy (non-hydrogen) atoms. The molecule has 1 aromatic carbocycles. The van der Waals surface area contributed by atoms with Gasteiger partial charge in [0.1, 0.15) is 0 Å². The molecule has 0 aliphatic carbocycles. The predicted octanol–water partition coefficient (Wildman–Crippen LogP) is 3.80. The number of aryl methyl sites for hydroxylation is 1. The molecule has 2 aromatic heterocycles. The van der Waals surface area contributed by atoms with Crippen molar-refractivity contribution < 1.29 is 9.59 Å². The van der Waals surface area contributed by atoms with Crippen LogP contribution in [0.2, 0.25) is 0 Å². The maximum Gasteiger partial charge on any atom is 0.280 e. The third kappa shape index (κ3) is 5.07. The van der Waals surface area contributed by atoms with E-state index < -0.39 is 17.5 Å². The van der Waals surface area contributed by atoms with E-state index in [9.17, 15) is 9.59 Å². The zero-order valence-electron chi connectivity index (χ0n) is 17.5. The van der Waals surface area contributed by atoms with Crippen molar-refractivity contribution in [3.63, 3.8) is 0 Å². The van der Waals surface area contributed by atoms with Gasteiger partial charge in [-0.1, -0.05) is 29.6 Å². The molecule has 0 spiro atoms. The van der Waals surface area contributed by atoms with Crippen LogP contribution in [-0.4, -0.2) is 31.9 Å². The van der Waals surface area contributed by atoms with Gasteiger partial charge in [0.15, 0.2) is 11.7 Å². The number of hydrogen-bond donors (Lipinski definition) is 1. The Morgan fingerprint density at radius 2 is 1.87 bits per heavy atom. The van der Waals surface area contributed by atoms with Crippen LogP contribution >= 0.6 is 11.5 Å². The molecule has 0 radical (unpaired) electrons. The standard InChI is InChI=1S/C22H25N5O2S/c1-5-15-9-11-16(12-10-15)27(21(29)18-14-30-26-25-18)19(17-8-6-7-13-23-17)20(28)24-22(2,3)4/h6-14,19H,5H2,1-4H3,(H,24,28)/t19-/m1/s1. The summed E-state index contributed by atoms with van der Waals surface area (Å²) >= 11 is 1.09. The van der Waals surface area contributed by atoms with E-state index >= 15 is 0 Å². The molecule has 8 heteroatoms. The zero-order chi connectivity index (χ0) is 21.7. The fourth-order valence-corrected chi connectivity index (χ4v) is 3.45. The normalized spacial score (nSPS) is 12.3. The third-order valence-electron chi connectivity index (χ3n) is 4.39. The van der Waals surface area contributed by atoms with Crippen LogP contribution in [0.3, 0.4) is 0 Å². The van der Waals surface area contributed by atoms with Gasteiger partial charge in [0.2, 0.25) is 5.91 Å². The van der Waals surface area contributed by atoms with Crippen LogP contribution in [0.15, 0.2) is 54.0 Å². The Labute approximate surface area is 180 Å². The summed E-state index contributed by atoms with van der Waals surface area (Å²) in [4.78, 5) is 32.7. The first-order chi connectivity index (χ1) is 14.3. The number of carbonyl (C=O) groups excluding carboxylic acids is 2. The van der Waals surface area contributed by atoms with Crippen LogP contribution in [0.5, 0.6) is 0 Å².